The van der Waals surface area contributed by atoms with E-state index in [2.05, 4.69) is 56.2 Å². The summed E-state index contributed by atoms with van der Waals surface area (Å²) in [6, 6.07) is 29.5. The zero-order chi connectivity index (χ0) is 47.6. The molecule has 0 unspecified atom stereocenters. The molecule has 0 bridgehead atoms. The van der Waals surface area contributed by atoms with Crippen LogP contribution in [0.1, 0.15) is 99.6 Å². The molecular formula is C55H69N3O8Si. The van der Waals surface area contributed by atoms with Gasteiger partial charge in [-0.15, -0.1) is 0 Å². The van der Waals surface area contributed by atoms with Crippen LogP contribution in [-0.2, 0) is 47.5 Å². The maximum atomic E-state index is 13.2. The van der Waals surface area contributed by atoms with Crippen molar-refractivity contribution in [1.82, 2.24) is 9.80 Å². The Morgan fingerprint density at radius 1 is 0.836 bits per heavy atom. The molecule has 356 valence electrons. The summed E-state index contributed by atoms with van der Waals surface area (Å²) in [5, 5.41) is 13.6. The standard InChI is InChI=1S/C55H69N3O8Si/c1-55(2,3)67(4,5)66-51(47-24-25-50(60)48-37-43(59)22-23-46(47)48)17-11-12-39-18-20-40(21-19-39)36-53(62)64-38-41-26-34-58(35-27-41)52(61)30-33-57-31-28-44(29-32-57)65-54(63)56-49-16-10-9-15-45(49)42-13-7-6-8-14-42/h6-10,13-16,18-25,41,44,51,60H,11-12,17,26-38H2,1-5H3,(H,56,63)/t51-/m0/s1. The lowest BCUT2D eigenvalue weighted by Crippen LogP contribution is -2.43. The molecule has 0 spiro atoms. The number of aryl methyl sites for hydroxylation is 1. The minimum absolute atomic E-state index is 0.0137. The van der Waals surface area contributed by atoms with Crippen molar-refractivity contribution in [3.8, 4) is 16.9 Å². The fourth-order valence-electron chi connectivity index (χ4n) is 9.06. The smallest absolute Gasteiger partial charge is 0.411 e. The summed E-state index contributed by atoms with van der Waals surface area (Å²) in [4.78, 5) is 55.3. The molecule has 11 nitrogen and oxygen atoms in total. The minimum atomic E-state index is -2.16. The maximum absolute atomic E-state index is 13.2. The highest BCUT2D eigenvalue weighted by Gasteiger charge is 2.40. The first-order valence-corrected chi connectivity index (χ1v) is 27.1. The number of benzene rings is 4. The second-order valence-electron chi connectivity index (χ2n) is 20.0. The Morgan fingerprint density at radius 3 is 2.24 bits per heavy atom. The molecule has 7 rings (SSSR count). The number of hydrogen-bond acceptors (Lipinski definition) is 9. The van der Waals surface area contributed by atoms with E-state index in [1.54, 1.807) is 12.1 Å². The minimum Gasteiger partial charge on any atom is -0.508 e. The van der Waals surface area contributed by atoms with E-state index in [4.69, 9.17) is 13.9 Å². The Kier molecular flexibility index (Phi) is 16.6. The number of rotatable bonds is 17. The number of phenolic OH excluding ortho intramolecular Hbond substituents is 1. The molecule has 2 aliphatic heterocycles. The molecule has 2 heterocycles. The number of nitrogens with zero attached hydrogens (tertiary/aromatic N) is 2. The summed E-state index contributed by atoms with van der Waals surface area (Å²) in [6.07, 6.45) is 9.08. The van der Waals surface area contributed by atoms with Gasteiger partial charge >= 0.3 is 12.1 Å². The molecule has 0 radical (unpaired) electrons. The largest absolute Gasteiger partial charge is 0.508 e. The Morgan fingerprint density at radius 2 is 1.52 bits per heavy atom. The van der Waals surface area contributed by atoms with Crippen LogP contribution in [0.3, 0.4) is 0 Å². The average molecular weight is 928 g/mol. The van der Waals surface area contributed by atoms with Crippen LogP contribution in [-0.4, -0.2) is 92.4 Å². The molecule has 1 atom stereocenters. The van der Waals surface area contributed by atoms with Crippen molar-refractivity contribution in [2.24, 2.45) is 5.92 Å². The quantitative estimate of drug-likeness (QED) is 0.0784. The number of hydrogen-bond donors (Lipinski definition) is 2. The van der Waals surface area contributed by atoms with Crippen LogP contribution in [0.2, 0.25) is 18.1 Å². The number of allylic oxidation sites excluding steroid dienone is 1. The van der Waals surface area contributed by atoms with E-state index in [-0.39, 0.29) is 59.4 Å². The number of para-hydroxylation sites is 1. The predicted octanol–water partition coefficient (Wildman–Crippen LogP) is 10.7. The van der Waals surface area contributed by atoms with E-state index < -0.39 is 14.4 Å². The van der Waals surface area contributed by atoms with Gasteiger partial charge in [0, 0.05) is 56.7 Å². The fraction of sp³-hybridized carbons (Fsp3) is 0.455. The van der Waals surface area contributed by atoms with Gasteiger partial charge in [0.2, 0.25) is 5.91 Å². The lowest BCUT2D eigenvalue weighted by molar-refractivity contribution is -0.145. The van der Waals surface area contributed by atoms with Gasteiger partial charge in [-0.2, -0.15) is 0 Å². The van der Waals surface area contributed by atoms with Crippen LogP contribution in [0.5, 0.6) is 5.75 Å². The molecular weight excluding hydrogens is 859 g/mol. The van der Waals surface area contributed by atoms with Gasteiger partial charge in [-0.25, -0.2) is 4.79 Å². The lowest BCUT2D eigenvalue weighted by Gasteiger charge is -2.40. The van der Waals surface area contributed by atoms with Crippen molar-refractivity contribution < 1.29 is 38.2 Å². The number of esters is 1. The monoisotopic (exact) mass is 927 g/mol. The number of aromatic hydroxyl groups is 1. The van der Waals surface area contributed by atoms with E-state index in [9.17, 15) is 24.3 Å². The van der Waals surface area contributed by atoms with Crippen molar-refractivity contribution in [3.63, 3.8) is 0 Å². The highest BCUT2D eigenvalue weighted by atomic mass is 28.4. The highest BCUT2D eigenvalue weighted by Crippen LogP contribution is 2.43. The second kappa shape index (κ2) is 22.5. The van der Waals surface area contributed by atoms with Crippen molar-refractivity contribution in [1.29, 1.82) is 0 Å². The molecule has 2 amide bonds. The molecule has 2 saturated heterocycles. The number of phenols is 1. The summed E-state index contributed by atoms with van der Waals surface area (Å²) >= 11 is 0. The first-order chi connectivity index (χ1) is 32.1. The Labute approximate surface area is 398 Å². The van der Waals surface area contributed by atoms with Gasteiger partial charge in [-0.1, -0.05) is 106 Å². The van der Waals surface area contributed by atoms with Crippen LogP contribution >= 0.6 is 0 Å². The molecule has 12 heteroatoms. The summed E-state index contributed by atoms with van der Waals surface area (Å²) < 4.78 is 18.6. The van der Waals surface area contributed by atoms with E-state index in [1.165, 1.54) is 5.56 Å². The second-order valence-corrected chi connectivity index (χ2v) is 24.8. The van der Waals surface area contributed by atoms with Crippen LogP contribution in [0.25, 0.3) is 17.2 Å². The first kappa shape index (κ1) is 49.3. The molecule has 2 fully saturated rings. The summed E-state index contributed by atoms with van der Waals surface area (Å²) in [5.41, 5.74) is 7.36. The molecule has 1 aliphatic carbocycles. The Hall–Kier alpha value is -5.56. The first-order valence-electron chi connectivity index (χ1n) is 24.2. The van der Waals surface area contributed by atoms with Crippen molar-refractivity contribution in [3.05, 3.63) is 125 Å². The third-order valence-electron chi connectivity index (χ3n) is 14.2. The Balaban J connectivity index is 0.779. The number of carbonyl (C=O) groups excluding carboxylic acids is 4. The van der Waals surface area contributed by atoms with Crippen LogP contribution < -0.4 is 5.32 Å². The molecule has 4 aromatic rings. The van der Waals surface area contributed by atoms with E-state index in [0.29, 0.717) is 43.9 Å². The van der Waals surface area contributed by atoms with E-state index in [1.807, 2.05) is 83.8 Å². The summed E-state index contributed by atoms with van der Waals surface area (Å²) in [7, 11) is -2.16. The number of amides is 2. The molecule has 0 aromatic heterocycles. The predicted molar refractivity (Wildman–Crippen MR) is 266 cm³/mol. The van der Waals surface area contributed by atoms with E-state index >= 15 is 0 Å². The molecule has 0 saturated carbocycles. The van der Waals surface area contributed by atoms with Gasteiger partial charge < -0.3 is 28.8 Å². The number of ether oxygens (including phenoxy) is 2. The Bertz CT molecular complexity index is 2360. The SMILES string of the molecule is CC(C)(C)[Si](C)(C)O[C@@H](CCCc1ccc(CC(=O)OCC2CCN(C(=O)CCN3CCC(OC(=O)Nc4ccccc4-c4ccccc4)CC3)CC2)cc1)c1ccc(O)c2c1C=CC(=O)C2. The maximum Gasteiger partial charge on any atom is 0.411 e. The molecule has 3 aliphatic rings. The molecule has 2 N–H and O–H groups in total. The van der Waals surface area contributed by atoms with Crippen LogP contribution in [0, 0.1) is 5.92 Å². The van der Waals surface area contributed by atoms with Gasteiger partial charge in [-0.05, 0) is 115 Å². The third-order valence-corrected chi connectivity index (χ3v) is 18.7. The lowest BCUT2D eigenvalue weighted by atomic mass is 9.88. The fourth-order valence-corrected chi connectivity index (χ4v) is 10.4. The van der Waals surface area contributed by atoms with Gasteiger partial charge in [0.1, 0.15) is 11.9 Å². The summed E-state index contributed by atoms with van der Waals surface area (Å²) in [6.45, 7) is 15.1. The van der Waals surface area contributed by atoms with Gasteiger partial charge in [0.15, 0.2) is 14.1 Å². The number of anilines is 1. The van der Waals surface area contributed by atoms with Crippen LogP contribution in [0.15, 0.2) is 97.1 Å². The zero-order valence-electron chi connectivity index (χ0n) is 40.1. The van der Waals surface area contributed by atoms with Crippen LogP contribution in [0.4, 0.5) is 10.5 Å². The van der Waals surface area contributed by atoms with Gasteiger partial charge in [0.05, 0.1) is 24.8 Å². The summed E-state index contributed by atoms with van der Waals surface area (Å²) in [5.74, 6) is 0.276. The number of ketones is 1. The number of nitrogens with one attached hydrogen (secondary N) is 1. The number of fused-ring (bicyclic) bond motifs is 1. The average Bonchev–Trinajstić information content (AvgIpc) is 3.31. The van der Waals surface area contributed by atoms with Crippen molar-refractivity contribution >= 4 is 43.8 Å². The van der Waals surface area contributed by atoms with E-state index in [0.717, 1.165) is 85.9 Å². The zero-order valence-corrected chi connectivity index (χ0v) is 41.1. The topological polar surface area (TPSA) is 135 Å². The van der Waals surface area contributed by atoms with Crippen molar-refractivity contribution in [2.45, 2.75) is 115 Å². The highest BCUT2D eigenvalue weighted by molar-refractivity contribution is 6.74. The normalized spacial score (nSPS) is 16.6. The third kappa shape index (κ3) is 13.5. The van der Waals surface area contributed by atoms with Gasteiger partial charge in [-0.3, -0.25) is 19.7 Å². The number of likely N-dealkylation sites (tertiary alicyclic amines) is 2. The molecule has 67 heavy (non-hydrogen) atoms. The van der Waals surface area contributed by atoms with Gasteiger partial charge in [0.25, 0.3) is 0 Å². The number of carbonyl (C=O) groups is 4. The molecule has 4 aromatic carbocycles. The van der Waals surface area contributed by atoms with Crippen molar-refractivity contribution in [2.75, 3.05) is 44.6 Å². The number of piperidine rings is 2.